The zero-order valence-electron chi connectivity index (χ0n) is 19.6. The van der Waals surface area contributed by atoms with Gasteiger partial charge in [-0.25, -0.2) is 4.98 Å². The maximum absolute atomic E-state index is 13.0. The Kier molecular flexibility index (Phi) is 5.67. The molecule has 0 fully saturated rings. The van der Waals surface area contributed by atoms with Gasteiger partial charge in [-0.15, -0.1) is 0 Å². The van der Waals surface area contributed by atoms with Gasteiger partial charge < -0.3 is 20.7 Å². The minimum Gasteiger partial charge on any atom is -0.495 e. The number of ether oxygens (including phenoxy) is 1. The average Bonchev–Trinajstić information content (AvgIpc) is 2.84. The highest BCUT2D eigenvalue weighted by molar-refractivity contribution is 5.88. The number of likely N-dealkylation sites (N-methyl/N-ethyl adjacent to an activating group) is 1. The molecule has 0 bridgehead atoms. The molecule has 8 heteroatoms. The minimum absolute atomic E-state index is 0.208. The number of hydrogen-bond acceptors (Lipinski definition) is 7. The fourth-order valence-corrected chi connectivity index (χ4v) is 4.57. The van der Waals surface area contributed by atoms with Gasteiger partial charge in [0.1, 0.15) is 5.75 Å². The summed E-state index contributed by atoms with van der Waals surface area (Å²) in [5.74, 6) is 1.10. The SMILES string of the molecule is COc1cc2c(cc1Nc1ncc3c(N)cc(=O)n([C@@H](C)c4ccccc4)c3n1)CN(C)CC2. The highest BCUT2D eigenvalue weighted by Gasteiger charge is 2.19. The molecule has 0 unspecified atom stereocenters. The number of nitrogens with two attached hydrogens (primary N) is 1. The van der Waals surface area contributed by atoms with Crippen molar-refractivity contribution in [3.63, 3.8) is 0 Å². The van der Waals surface area contributed by atoms with Crippen LogP contribution in [-0.2, 0) is 13.0 Å². The number of pyridine rings is 1. The van der Waals surface area contributed by atoms with Gasteiger partial charge in [-0.3, -0.25) is 9.36 Å². The molecule has 0 spiro atoms. The molecule has 0 aliphatic carbocycles. The summed E-state index contributed by atoms with van der Waals surface area (Å²) < 4.78 is 7.31. The number of nitrogens with zero attached hydrogens (tertiary/aromatic N) is 4. The van der Waals surface area contributed by atoms with Crippen molar-refractivity contribution in [3.05, 3.63) is 81.8 Å². The first kappa shape index (κ1) is 21.9. The number of methoxy groups -OCH3 is 1. The van der Waals surface area contributed by atoms with Crippen molar-refractivity contribution in [3.8, 4) is 5.75 Å². The van der Waals surface area contributed by atoms with E-state index in [1.165, 1.54) is 17.2 Å². The first-order valence-electron chi connectivity index (χ1n) is 11.3. The van der Waals surface area contributed by atoms with Gasteiger partial charge in [0.25, 0.3) is 5.56 Å². The van der Waals surface area contributed by atoms with Crippen LogP contribution in [0.4, 0.5) is 17.3 Å². The predicted molar refractivity (Wildman–Crippen MR) is 135 cm³/mol. The van der Waals surface area contributed by atoms with Gasteiger partial charge in [-0.1, -0.05) is 30.3 Å². The molecular formula is C26H28N6O2. The first-order valence-corrected chi connectivity index (χ1v) is 11.3. The Morgan fingerprint density at radius 1 is 1.15 bits per heavy atom. The van der Waals surface area contributed by atoms with Gasteiger partial charge in [0.05, 0.1) is 24.2 Å². The Labute approximate surface area is 198 Å². The lowest BCUT2D eigenvalue weighted by Gasteiger charge is -2.26. The molecule has 3 N–H and O–H groups in total. The highest BCUT2D eigenvalue weighted by atomic mass is 16.5. The van der Waals surface area contributed by atoms with Gasteiger partial charge in [-0.2, -0.15) is 4.98 Å². The van der Waals surface area contributed by atoms with Gasteiger partial charge in [0, 0.05) is 31.0 Å². The summed E-state index contributed by atoms with van der Waals surface area (Å²) in [7, 11) is 3.77. The fraction of sp³-hybridized carbons (Fsp3) is 0.269. The summed E-state index contributed by atoms with van der Waals surface area (Å²) in [4.78, 5) is 24.5. The first-order chi connectivity index (χ1) is 16.4. The van der Waals surface area contributed by atoms with Crippen molar-refractivity contribution >= 4 is 28.4 Å². The monoisotopic (exact) mass is 456 g/mol. The maximum Gasteiger partial charge on any atom is 0.254 e. The van der Waals surface area contributed by atoms with Crippen LogP contribution in [0.2, 0.25) is 0 Å². The number of hydrogen-bond donors (Lipinski definition) is 2. The molecule has 8 nitrogen and oxygen atoms in total. The second-order valence-corrected chi connectivity index (χ2v) is 8.76. The number of anilines is 3. The number of nitrogen functional groups attached to an aromatic ring is 1. The van der Waals surface area contributed by atoms with Gasteiger partial charge in [0.15, 0.2) is 5.65 Å². The summed E-state index contributed by atoms with van der Waals surface area (Å²) in [6, 6.07) is 15.2. The predicted octanol–water partition coefficient (Wildman–Crippen LogP) is 3.72. The molecule has 34 heavy (non-hydrogen) atoms. The Bertz CT molecular complexity index is 1420. The third-order valence-electron chi connectivity index (χ3n) is 6.46. The Morgan fingerprint density at radius 3 is 2.71 bits per heavy atom. The van der Waals surface area contributed by atoms with Crippen molar-refractivity contribution in [2.24, 2.45) is 0 Å². The largest absolute Gasteiger partial charge is 0.495 e. The summed E-state index contributed by atoms with van der Waals surface area (Å²) in [6.07, 6.45) is 2.64. The zero-order valence-corrected chi connectivity index (χ0v) is 19.6. The third-order valence-corrected chi connectivity index (χ3v) is 6.46. The molecule has 4 aromatic rings. The van der Waals surface area contributed by atoms with E-state index in [1.54, 1.807) is 17.9 Å². The lowest BCUT2D eigenvalue weighted by Crippen LogP contribution is -2.26. The number of rotatable bonds is 5. The van der Waals surface area contributed by atoms with Crippen molar-refractivity contribution in [1.82, 2.24) is 19.4 Å². The molecule has 2 aromatic carbocycles. The van der Waals surface area contributed by atoms with Gasteiger partial charge in [0.2, 0.25) is 5.95 Å². The lowest BCUT2D eigenvalue weighted by atomic mass is 9.99. The van der Waals surface area contributed by atoms with Crippen LogP contribution in [0.25, 0.3) is 11.0 Å². The van der Waals surface area contributed by atoms with Crippen molar-refractivity contribution in [2.75, 3.05) is 31.8 Å². The molecule has 1 aliphatic rings. The number of benzene rings is 2. The van der Waals surface area contributed by atoms with Crippen LogP contribution in [0.15, 0.2) is 59.5 Å². The Balaban J connectivity index is 1.60. The van der Waals surface area contributed by atoms with Crippen LogP contribution in [0.3, 0.4) is 0 Å². The maximum atomic E-state index is 13.0. The van der Waals surface area contributed by atoms with Gasteiger partial charge >= 0.3 is 0 Å². The molecule has 3 heterocycles. The number of aromatic nitrogens is 3. The minimum atomic E-state index is -0.228. The van der Waals surface area contributed by atoms with E-state index in [0.717, 1.165) is 36.5 Å². The highest BCUT2D eigenvalue weighted by Crippen LogP contribution is 2.33. The van der Waals surface area contributed by atoms with E-state index in [0.29, 0.717) is 22.7 Å². The van der Waals surface area contributed by atoms with E-state index in [4.69, 9.17) is 15.5 Å². The summed E-state index contributed by atoms with van der Waals surface area (Å²) in [6.45, 7) is 3.87. The second kappa shape index (κ2) is 8.79. The zero-order chi connectivity index (χ0) is 23.8. The molecule has 174 valence electrons. The second-order valence-electron chi connectivity index (χ2n) is 8.76. The molecule has 1 atom stereocenters. The smallest absolute Gasteiger partial charge is 0.254 e. The van der Waals surface area contributed by atoms with E-state index in [9.17, 15) is 4.79 Å². The number of fused-ring (bicyclic) bond motifs is 2. The molecule has 0 amide bonds. The van der Waals surface area contributed by atoms with Crippen LogP contribution in [0, 0.1) is 0 Å². The molecular weight excluding hydrogens is 428 g/mol. The molecule has 2 aromatic heterocycles. The van der Waals surface area contributed by atoms with Crippen LogP contribution in [0.5, 0.6) is 5.75 Å². The van der Waals surface area contributed by atoms with Crippen molar-refractivity contribution in [2.45, 2.75) is 25.9 Å². The van der Waals surface area contributed by atoms with E-state index in [1.807, 2.05) is 37.3 Å². The van der Waals surface area contributed by atoms with Crippen LogP contribution in [0.1, 0.15) is 29.7 Å². The van der Waals surface area contributed by atoms with Gasteiger partial charge in [-0.05, 0) is 49.2 Å². The van der Waals surface area contributed by atoms with Crippen LogP contribution >= 0.6 is 0 Å². The summed E-state index contributed by atoms with van der Waals surface area (Å²) in [5.41, 5.74) is 11.1. The molecule has 0 saturated carbocycles. The Hall–Kier alpha value is -3.91. The molecule has 0 saturated heterocycles. The van der Waals surface area contributed by atoms with E-state index in [2.05, 4.69) is 34.4 Å². The Morgan fingerprint density at radius 2 is 1.94 bits per heavy atom. The lowest BCUT2D eigenvalue weighted by molar-refractivity contribution is 0.312. The fourth-order valence-electron chi connectivity index (χ4n) is 4.57. The summed E-state index contributed by atoms with van der Waals surface area (Å²) >= 11 is 0. The van der Waals surface area contributed by atoms with Crippen molar-refractivity contribution < 1.29 is 4.74 Å². The summed E-state index contributed by atoms with van der Waals surface area (Å²) in [5, 5.41) is 3.93. The quantitative estimate of drug-likeness (QED) is 0.472. The molecule has 5 rings (SSSR count). The topological polar surface area (TPSA) is 98.3 Å². The third kappa shape index (κ3) is 3.97. The molecule has 1 aliphatic heterocycles. The normalized spacial score (nSPS) is 14.6. The van der Waals surface area contributed by atoms with E-state index in [-0.39, 0.29) is 11.6 Å². The van der Waals surface area contributed by atoms with Crippen LogP contribution in [-0.4, -0.2) is 40.1 Å². The van der Waals surface area contributed by atoms with Crippen LogP contribution < -0.4 is 21.3 Å². The van der Waals surface area contributed by atoms with E-state index >= 15 is 0 Å². The molecule has 0 radical (unpaired) electrons. The average molecular weight is 457 g/mol. The van der Waals surface area contributed by atoms with Crippen molar-refractivity contribution in [1.29, 1.82) is 0 Å². The number of nitrogens with one attached hydrogen (secondary N) is 1. The van der Waals surface area contributed by atoms with E-state index < -0.39 is 0 Å². The standard InChI is InChI=1S/C26H28N6O2/c1-16(17-7-5-4-6-8-17)32-24(33)13-21(27)20-14-28-26(30-25(20)32)29-22-11-19-15-31(2)10-9-18(19)12-23(22)34-3/h4-8,11-14,16H,9-10,15,27H2,1-3H3,(H,28,29,30)/t16-/m0/s1.